The van der Waals surface area contributed by atoms with Gasteiger partial charge in [0.15, 0.2) is 0 Å². The van der Waals surface area contributed by atoms with E-state index < -0.39 is 11.7 Å². The average Bonchev–Trinajstić information content (AvgIpc) is 3.58. The van der Waals surface area contributed by atoms with Gasteiger partial charge in [-0.25, -0.2) is 0 Å². The molecule has 0 aromatic heterocycles. The molecule has 3 saturated heterocycles. The third-order valence-corrected chi connectivity index (χ3v) is 10.7. The van der Waals surface area contributed by atoms with Gasteiger partial charge in [0.1, 0.15) is 5.75 Å². The number of rotatable bonds is 3. The number of halogens is 3. The Balaban J connectivity index is 1.20. The highest BCUT2D eigenvalue weighted by atomic mass is 19.4. The largest absolute Gasteiger partial charge is 0.508 e. The Bertz CT molecular complexity index is 1340. The highest BCUT2D eigenvalue weighted by Crippen LogP contribution is 2.69. The summed E-state index contributed by atoms with van der Waals surface area (Å²) in [6, 6.07) is 10.7. The van der Waals surface area contributed by atoms with Crippen molar-refractivity contribution in [1.82, 2.24) is 9.80 Å². The number of likely N-dealkylation sites (tertiary alicyclic amines) is 2. The lowest BCUT2D eigenvalue weighted by atomic mass is 9.46. The summed E-state index contributed by atoms with van der Waals surface area (Å²) < 4.78 is 47.3. The number of carbonyl (C=O) groups is 1. The molecule has 1 amide bonds. The number of hydrogen-bond acceptors (Lipinski definition) is 4. The van der Waals surface area contributed by atoms with E-state index in [0.717, 1.165) is 56.8 Å². The number of fused-ring (bicyclic) bond motifs is 1. The van der Waals surface area contributed by atoms with Gasteiger partial charge in [0.25, 0.3) is 5.91 Å². The molecule has 2 aromatic rings. The molecule has 0 radical (unpaired) electrons. The van der Waals surface area contributed by atoms with Crippen LogP contribution in [-0.2, 0) is 22.7 Å². The Kier molecular flexibility index (Phi) is 4.63. The van der Waals surface area contributed by atoms with Gasteiger partial charge in [-0.1, -0.05) is 12.1 Å². The highest BCUT2D eigenvalue weighted by molar-refractivity contribution is 5.95. The number of aromatic hydroxyl groups is 1. The maximum atomic E-state index is 13.7. The van der Waals surface area contributed by atoms with Gasteiger partial charge in [0, 0.05) is 42.1 Å². The lowest BCUT2D eigenvalue weighted by Crippen LogP contribution is -2.74. The van der Waals surface area contributed by atoms with Crippen molar-refractivity contribution in [3.63, 3.8) is 0 Å². The predicted octanol–water partition coefficient (Wildman–Crippen LogP) is 4.76. The monoisotopic (exact) mass is 524 g/mol. The number of nitrogens with zero attached hydrogens (tertiary/aromatic N) is 2. The van der Waals surface area contributed by atoms with E-state index in [0.29, 0.717) is 6.54 Å². The van der Waals surface area contributed by atoms with Crippen LogP contribution in [0.2, 0.25) is 0 Å². The minimum Gasteiger partial charge on any atom is -0.508 e. The molecule has 5 fully saturated rings. The number of phenols is 1. The summed E-state index contributed by atoms with van der Waals surface area (Å²) in [5.41, 5.74) is 1.05. The van der Waals surface area contributed by atoms with Crippen molar-refractivity contribution in [1.29, 1.82) is 0 Å². The normalized spacial score (nSPS) is 37.2. The molecular formula is C30H31F3N2O3. The van der Waals surface area contributed by atoms with Crippen molar-refractivity contribution in [2.75, 3.05) is 19.6 Å². The molecule has 8 heteroatoms. The van der Waals surface area contributed by atoms with Gasteiger partial charge in [-0.2, -0.15) is 13.2 Å². The standard InChI is InChI=1S/C30H31F3N2O3/c31-30(32,33)20-3-1-2-19(12-20)27(37)35-16-24-26-23(35)8-9-29(38-24)25-13-18-6-7-21(36)14-22(18)28(26,29)10-11-34(25)15-17-4-5-17/h1-3,6-7,12,14,17,23-26,36H,4-5,8-11,13,15-16H2/t23?,24-,25?,26?,28?,29?/m1/s1. The van der Waals surface area contributed by atoms with E-state index in [9.17, 15) is 23.1 Å². The molecule has 5 unspecified atom stereocenters. The first-order chi connectivity index (χ1) is 18.2. The first-order valence-electron chi connectivity index (χ1n) is 13.9. The van der Waals surface area contributed by atoms with E-state index >= 15 is 0 Å². The number of hydrogen-bond donors (Lipinski definition) is 1. The van der Waals surface area contributed by atoms with Crippen LogP contribution in [-0.4, -0.2) is 64.2 Å². The fourth-order valence-electron chi connectivity index (χ4n) is 9.25. The van der Waals surface area contributed by atoms with E-state index in [1.165, 1.54) is 36.1 Å². The second kappa shape index (κ2) is 7.54. The quantitative estimate of drug-likeness (QED) is 0.629. The molecule has 38 heavy (non-hydrogen) atoms. The Morgan fingerprint density at radius 3 is 2.74 bits per heavy atom. The van der Waals surface area contributed by atoms with Crippen LogP contribution in [0.25, 0.3) is 0 Å². The first-order valence-corrected chi connectivity index (χ1v) is 13.9. The van der Waals surface area contributed by atoms with Crippen LogP contribution in [0.3, 0.4) is 0 Å². The van der Waals surface area contributed by atoms with Crippen molar-refractivity contribution >= 4 is 5.91 Å². The third kappa shape index (κ3) is 2.93. The van der Waals surface area contributed by atoms with Gasteiger partial charge in [-0.15, -0.1) is 0 Å². The average molecular weight is 525 g/mol. The van der Waals surface area contributed by atoms with E-state index in [4.69, 9.17) is 4.74 Å². The molecule has 8 rings (SSSR count). The number of piperidine rings is 1. The maximum Gasteiger partial charge on any atom is 0.416 e. The van der Waals surface area contributed by atoms with Crippen LogP contribution in [0.4, 0.5) is 13.2 Å². The molecule has 2 saturated carbocycles. The van der Waals surface area contributed by atoms with Gasteiger partial charge < -0.3 is 14.7 Å². The second-order valence-electron chi connectivity index (χ2n) is 12.4. The molecule has 3 aliphatic heterocycles. The summed E-state index contributed by atoms with van der Waals surface area (Å²) in [6.07, 6.45) is 1.36. The van der Waals surface area contributed by atoms with Crippen molar-refractivity contribution in [2.24, 2.45) is 11.8 Å². The van der Waals surface area contributed by atoms with Gasteiger partial charge in [-0.3, -0.25) is 9.69 Å². The Morgan fingerprint density at radius 2 is 1.95 bits per heavy atom. The van der Waals surface area contributed by atoms with Gasteiger partial charge >= 0.3 is 6.18 Å². The summed E-state index contributed by atoms with van der Waals surface area (Å²) in [5, 5.41) is 10.6. The lowest BCUT2D eigenvalue weighted by Gasteiger charge is -2.64. The molecule has 200 valence electrons. The topological polar surface area (TPSA) is 53.0 Å². The number of ether oxygens (including phenoxy) is 1. The molecule has 3 aliphatic carbocycles. The summed E-state index contributed by atoms with van der Waals surface area (Å²) >= 11 is 0. The van der Waals surface area contributed by atoms with Crippen LogP contribution < -0.4 is 0 Å². The number of amides is 1. The van der Waals surface area contributed by atoms with Crippen LogP contribution in [0, 0.1) is 11.8 Å². The van der Waals surface area contributed by atoms with E-state index in [2.05, 4.69) is 11.0 Å². The lowest BCUT2D eigenvalue weighted by molar-refractivity contribution is -0.171. The van der Waals surface area contributed by atoms with E-state index in [1.54, 1.807) is 11.0 Å². The number of benzene rings is 2. The van der Waals surface area contributed by atoms with Crippen molar-refractivity contribution in [3.8, 4) is 5.75 Å². The van der Waals surface area contributed by atoms with Gasteiger partial charge in [-0.05, 0) is 92.4 Å². The minimum absolute atomic E-state index is 0.0671. The Hall–Kier alpha value is -2.58. The molecule has 6 atom stereocenters. The molecule has 5 nitrogen and oxygen atoms in total. The Morgan fingerprint density at radius 1 is 1.11 bits per heavy atom. The highest BCUT2D eigenvalue weighted by Gasteiger charge is 2.78. The zero-order chi connectivity index (χ0) is 26.0. The molecule has 3 heterocycles. The zero-order valence-corrected chi connectivity index (χ0v) is 21.1. The molecule has 2 aromatic carbocycles. The minimum atomic E-state index is -4.50. The molecule has 4 bridgehead atoms. The van der Waals surface area contributed by atoms with Crippen LogP contribution >= 0.6 is 0 Å². The van der Waals surface area contributed by atoms with Gasteiger partial charge in [0.05, 0.1) is 17.3 Å². The maximum absolute atomic E-state index is 13.7. The third-order valence-electron chi connectivity index (χ3n) is 10.7. The van der Waals surface area contributed by atoms with Crippen LogP contribution in [0.15, 0.2) is 42.5 Å². The molecule has 1 N–H and O–H groups in total. The summed E-state index contributed by atoms with van der Waals surface area (Å²) in [7, 11) is 0. The van der Waals surface area contributed by atoms with E-state index in [1.807, 2.05) is 6.07 Å². The SMILES string of the molecule is O=C(c1cccc(C(F)(F)F)c1)N1C[C@H]2OC34CCC1C2C31CCN(CC2CC2)C4Cc2ccc(O)cc21. The number of phenolic OH excluding ortho intramolecular Hbond substituents is 1. The van der Waals surface area contributed by atoms with E-state index in [-0.39, 0.29) is 52.3 Å². The van der Waals surface area contributed by atoms with Crippen LogP contribution in [0.1, 0.15) is 59.2 Å². The first kappa shape index (κ1) is 23.3. The smallest absolute Gasteiger partial charge is 0.416 e. The van der Waals surface area contributed by atoms with Gasteiger partial charge in [0.2, 0.25) is 0 Å². The Labute approximate surface area is 219 Å². The zero-order valence-electron chi connectivity index (χ0n) is 21.1. The van der Waals surface area contributed by atoms with Crippen molar-refractivity contribution in [2.45, 2.75) is 73.9 Å². The molecular weight excluding hydrogens is 493 g/mol. The predicted molar refractivity (Wildman–Crippen MR) is 133 cm³/mol. The summed E-state index contributed by atoms with van der Waals surface area (Å²) in [4.78, 5) is 18.2. The summed E-state index contributed by atoms with van der Waals surface area (Å²) in [5.74, 6) is 0.745. The number of carbonyl (C=O) groups excluding carboxylic acids is 1. The fourth-order valence-corrected chi connectivity index (χ4v) is 9.25. The van der Waals surface area contributed by atoms with Crippen molar-refractivity contribution < 1.29 is 27.8 Å². The molecule has 6 aliphatic rings. The fraction of sp³-hybridized carbons (Fsp3) is 0.567. The second-order valence-corrected chi connectivity index (χ2v) is 12.4. The molecule has 0 spiro atoms. The summed E-state index contributed by atoms with van der Waals surface area (Å²) in [6.45, 7) is 2.48. The van der Waals surface area contributed by atoms with Crippen LogP contribution in [0.5, 0.6) is 5.75 Å². The van der Waals surface area contributed by atoms with Crippen molar-refractivity contribution in [3.05, 3.63) is 64.7 Å². The number of alkyl halides is 3.